The van der Waals surface area contributed by atoms with Crippen LogP contribution in [0.1, 0.15) is 57.7 Å². The van der Waals surface area contributed by atoms with Crippen LogP contribution < -0.4 is 26.2 Å². The van der Waals surface area contributed by atoms with E-state index in [1.54, 1.807) is 18.3 Å². The number of nitrogens with one attached hydrogen (secondary N) is 5. The fraction of sp³-hybridized carbons (Fsp3) is 0.340. The van der Waals surface area contributed by atoms with Gasteiger partial charge in [-0.3, -0.25) is 58.9 Å². The molecule has 0 bridgehead atoms. The molecule has 332 valence electrons. The van der Waals surface area contributed by atoms with Crippen molar-refractivity contribution in [1.29, 1.82) is 0 Å². The summed E-state index contributed by atoms with van der Waals surface area (Å²) in [6, 6.07) is 19.1. The molecule has 3 fully saturated rings. The molecule has 1 atom stereocenters. The van der Waals surface area contributed by atoms with Gasteiger partial charge >= 0.3 is 0 Å². The molecule has 0 radical (unpaired) electrons. The molecule has 7 heterocycles. The van der Waals surface area contributed by atoms with Crippen molar-refractivity contribution in [2.24, 2.45) is 5.92 Å². The number of carbonyl (C=O) groups excluding carboxylic acids is 7. The zero-order chi connectivity index (χ0) is 44.8. The van der Waals surface area contributed by atoms with Crippen LogP contribution in [0, 0.1) is 5.92 Å². The zero-order valence-electron chi connectivity index (χ0n) is 35.5. The van der Waals surface area contributed by atoms with Crippen molar-refractivity contribution in [2.75, 3.05) is 75.7 Å². The Morgan fingerprint density at radius 2 is 1.46 bits per heavy atom. The highest BCUT2D eigenvalue weighted by atomic mass is 16.2. The maximum atomic E-state index is 13.6. The molecule has 5 N–H and O–H groups in total. The number of amides is 7. The van der Waals surface area contributed by atoms with Crippen LogP contribution in [-0.4, -0.2) is 142 Å². The van der Waals surface area contributed by atoms with Gasteiger partial charge in [0.1, 0.15) is 6.04 Å². The zero-order valence-corrected chi connectivity index (χ0v) is 35.5. The van der Waals surface area contributed by atoms with Crippen LogP contribution in [0.5, 0.6) is 0 Å². The van der Waals surface area contributed by atoms with Crippen LogP contribution in [0.2, 0.25) is 0 Å². The van der Waals surface area contributed by atoms with Gasteiger partial charge in [-0.2, -0.15) is 0 Å². The van der Waals surface area contributed by atoms with Gasteiger partial charge in [-0.1, -0.05) is 42.5 Å². The summed E-state index contributed by atoms with van der Waals surface area (Å²) in [7, 11) is 0. The highest BCUT2D eigenvalue weighted by molar-refractivity contribution is 6.50. The Labute approximate surface area is 372 Å². The predicted molar refractivity (Wildman–Crippen MR) is 240 cm³/mol. The SMILES string of the molecule is O=C(CN1CCC(CN2CCN(c3cccc4c3C(=O)N(C3CCC(=O)NC3=O)C4=O)CC2)CC1)NCCNc1nc(C2=C(c3c[nH]c4ccccc34)C(=O)NC2=O)c2ccccc2n1. The van der Waals surface area contributed by atoms with Gasteiger partial charge < -0.3 is 20.5 Å². The molecule has 18 nitrogen and oxygen atoms in total. The summed E-state index contributed by atoms with van der Waals surface area (Å²) in [6.07, 6.45) is 3.86. The van der Waals surface area contributed by atoms with E-state index in [4.69, 9.17) is 4.98 Å². The van der Waals surface area contributed by atoms with E-state index in [-0.39, 0.29) is 41.4 Å². The summed E-state index contributed by atoms with van der Waals surface area (Å²) < 4.78 is 0. The number of H-pyrrole nitrogens is 1. The molecular weight excluding hydrogens is 831 g/mol. The maximum Gasteiger partial charge on any atom is 0.264 e. The van der Waals surface area contributed by atoms with Crippen molar-refractivity contribution in [3.8, 4) is 0 Å². The topological polar surface area (TPSA) is 222 Å². The number of rotatable bonds is 12. The summed E-state index contributed by atoms with van der Waals surface area (Å²) in [5.41, 5.74) is 4.09. The van der Waals surface area contributed by atoms with Crippen molar-refractivity contribution in [3.05, 3.63) is 95.3 Å². The number of likely N-dealkylation sites (tertiary alicyclic amines) is 1. The normalized spacial score (nSPS) is 20.0. The van der Waals surface area contributed by atoms with E-state index in [9.17, 15) is 33.6 Å². The number of aromatic amines is 1. The molecular formula is C47H47N11O7. The van der Waals surface area contributed by atoms with Crippen molar-refractivity contribution in [3.63, 3.8) is 0 Å². The van der Waals surface area contributed by atoms with Crippen molar-refractivity contribution in [2.45, 2.75) is 31.7 Å². The minimum absolute atomic E-state index is 0.0729. The first kappa shape index (κ1) is 41.7. The second kappa shape index (κ2) is 17.3. The largest absolute Gasteiger partial charge is 0.368 e. The summed E-state index contributed by atoms with van der Waals surface area (Å²) >= 11 is 0. The Bertz CT molecular complexity index is 2840. The molecule has 65 heavy (non-hydrogen) atoms. The summed E-state index contributed by atoms with van der Waals surface area (Å²) in [5, 5.41) is 12.3. The lowest BCUT2D eigenvalue weighted by Gasteiger charge is -2.40. The Morgan fingerprint density at radius 3 is 2.26 bits per heavy atom. The second-order valence-corrected chi connectivity index (χ2v) is 17.1. The number of benzene rings is 3. The number of piperazine rings is 1. The van der Waals surface area contributed by atoms with Crippen molar-refractivity contribution >= 4 is 85.9 Å². The van der Waals surface area contributed by atoms with Gasteiger partial charge in [0.25, 0.3) is 23.6 Å². The quantitative estimate of drug-likeness (QED) is 0.0897. The third kappa shape index (κ3) is 7.99. The number of imide groups is 3. The number of carbonyl (C=O) groups is 7. The standard InChI is InChI=1S/C47H47N11O7/c59-36-13-12-35(42(61)52-36)58-45(64)30-8-5-11-34(38(30)46(58)65)57-22-20-56(21-23-57)25-27-14-18-55(19-15-27)26-37(60)48-16-17-49-47-51-33-10-4-2-7-29(33)41(53-47)40-39(43(62)54-44(40)63)31-24-50-32-9-3-1-6-28(31)32/h1-11,24,27,35,50H,12-23,25-26H2,(H,48,60)(H,49,51,53)(H,52,59,61)(H,54,62,63). The molecule has 10 rings (SSSR count). The first-order chi connectivity index (χ1) is 31.6. The smallest absolute Gasteiger partial charge is 0.264 e. The number of fused-ring (bicyclic) bond motifs is 3. The van der Waals surface area contributed by atoms with E-state index in [1.165, 1.54) is 0 Å². The van der Waals surface area contributed by atoms with E-state index >= 15 is 0 Å². The average Bonchev–Trinajstić information content (AvgIpc) is 3.95. The molecule has 5 aromatic rings. The van der Waals surface area contributed by atoms with Crippen LogP contribution in [0.25, 0.3) is 33.0 Å². The summed E-state index contributed by atoms with van der Waals surface area (Å²) in [6.45, 7) is 6.47. The van der Waals surface area contributed by atoms with E-state index in [1.807, 2.05) is 54.6 Å². The van der Waals surface area contributed by atoms with Crippen LogP contribution in [0.15, 0.2) is 72.9 Å². The molecule has 3 aromatic carbocycles. The predicted octanol–water partition coefficient (Wildman–Crippen LogP) is 2.14. The van der Waals surface area contributed by atoms with E-state index < -0.39 is 41.5 Å². The maximum absolute atomic E-state index is 13.6. The van der Waals surface area contributed by atoms with Gasteiger partial charge in [0.2, 0.25) is 23.7 Å². The molecule has 5 aliphatic rings. The monoisotopic (exact) mass is 877 g/mol. The Balaban J connectivity index is 0.693. The molecule has 18 heteroatoms. The third-order valence-electron chi connectivity index (χ3n) is 13.1. The number of hydrogen-bond donors (Lipinski definition) is 5. The number of aromatic nitrogens is 3. The molecule has 5 aliphatic heterocycles. The Kier molecular flexibility index (Phi) is 11.1. The van der Waals surface area contributed by atoms with Gasteiger partial charge in [0.05, 0.1) is 45.7 Å². The average molecular weight is 878 g/mol. The molecule has 1 unspecified atom stereocenters. The number of nitrogens with zero attached hydrogens (tertiary/aromatic N) is 6. The lowest BCUT2D eigenvalue weighted by atomic mass is 9.96. The Hall–Kier alpha value is -7.31. The Morgan fingerprint density at radius 1 is 0.708 bits per heavy atom. The molecule has 3 saturated heterocycles. The molecule has 2 aromatic heterocycles. The summed E-state index contributed by atoms with van der Waals surface area (Å²) in [5.74, 6) is -2.38. The minimum Gasteiger partial charge on any atom is -0.368 e. The first-order valence-electron chi connectivity index (χ1n) is 22.1. The molecule has 7 amide bonds. The minimum atomic E-state index is -1.00. The fourth-order valence-electron chi connectivity index (χ4n) is 9.82. The number of para-hydroxylation sites is 2. The van der Waals surface area contributed by atoms with Gasteiger partial charge in [-0.15, -0.1) is 0 Å². The first-order valence-corrected chi connectivity index (χ1v) is 22.1. The number of anilines is 2. The van der Waals surface area contributed by atoms with Crippen LogP contribution in [-0.2, 0) is 24.0 Å². The van der Waals surface area contributed by atoms with Gasteiger partial charge in [0.15, 0.2) is 0 Å². The fourth-order valence-corrected chi connectivity index (χ4v) is 9.82. The molecule has 0 spiro atoms. The lowest BCUT2D eigenvalue weighted by Crippen LogP contribution is -2.54. The van der Waals surface area contributed by atoms with Gasteiger partial charge in [-0.05, 0) is 62.5 Å². The summed E-state index contributed by atoms with van der Waals surface area (Å²) in [4.78, 5) is 111. The van der Waals surface area contributed by atoms with Gasteiger partial charge in [0, 0.05) is 80.3 Å². The highest BCUT2D eigenvalue weighted by Gasteiger charge is 2.46. The van der Waals surface area contributed by atoms with Crippen molar-refractivity contribution in [1.82, 2.24) is 45.6 Å². The van der Waals surface area contributed by atoms with Crippen molar-refractivity contribution < 1.29 is 33.6 Å². The third-order valence-corrected chi connectivity index (χ3v) is 13.1. The molecule has 0 saturated carbocycles. The van der Waals surface area contributed by atoms with Gasteiger partial charge in [-0.25, -0.2) is 9.97 Å². The second-order valence-electron chi connectivity index (χ2n) is 17.1. The lowest BCUT2D eigenvalue weighted by molar-refractivity contribution is -0.136. The highest BCUT2D eigenvalue weighted by Crippen LogP contribution is 2.38. The number of piperidine rings is 2. The van der Waals surface area contributed by atoms with Crippen LogP contribution >= 0.6 is 0 Å². The van der Waals surface area contributed by atoms with E-state index in [0.717, 1.165) is 61.4 Å². The number of hydrogen-bond acceptors (Lipinski definition) is 13. The van der Waals surface area contributed by atoms with Crippen LogP contribution in [0.3, 0.4) is 0 Å². The van der Waals surface area contributed by atoms with E-state index in [0.29, 0.717) is 72.1 Å². The molecule has 0 aliphatic carbocycles. The van der Waals surface area contributed by atoms with Crippen LogP contribution in [0.4, 0.5) is 11.6 Å². The van der Waals surface area contributed by atoms with E-state index in [2.05, 4.69) is 45.9 Å².